The minimum Gasteiger partial charge on any atom is -0.388 e. The summed E-state index contributed by atoms with van der Waals surface area (Å²) in [6.45, 7) is 4.59. The highest BCUT2D eigenvalue weighted by molar-refractivity contribution is 5.95. The van der Waals surface area contributed by atoms with Gasteiger partial charge in [-0.1, -0.05) is 12.1 Å². The number of hydrogen-bond donors (Lipinski definition) is 2. The summed E-state index contributed by atoms with van der Waals surface area (Å²) in [5, 5.41) is 16.9. The average molecular weight is 446 g/mol. The number of aromatic nitrogens is 3. The van der Waals surface area contributed by atoms with Crippen molar-refractivity contribution >= 4 is 5.91 Å². The second-order valence-corrected chi connectivity index (χ2v) is 7.80. The number of benzene rings is 1. The van der Waals surface area contributed by atoms with E-state index < -0.39 is 34.8 Å². The molecule has 0 radical (unpaired) electrons. The van der Waals surface area contributed by atoms with Gasteiger partial charge in [-0.25, -0.2) is 0 Å². The Bertz CT molecular complexity index is 1170. The summed E-state index contributed by atoms with van der Waals surface area (Å²) in [6, 6.07) is 7.87. The van der Waals surface area contributed by atoms with E-state index in [4.69, 9.17) is 0 Å². The Balaban J connectivity index is 2.13. The maximum atomic E-state index is 13.0. The lowest BCUT2D eigenvalue weighted by molar-refractivity contribution is -0.137. The smallest absolute Gasteiger partial charge is 0.388 e. The van der Waals surface area contributed by atoms with Gasteiger partial charge in [0.25, 0.3) is 11.5 Å². The van der Waals surface area contributed by atoms with Gasteiger partial charge in [-0.2, -0.15) is 23.0 Å². The molecule has 1 aromatic carbocycles. The number of nitrogens with one attached hydrogen (secondary N) is 1. The predicted molar refractivity (Wildman–Crippen MR) is 111 cm³/mol. The molecule has 0 fully saturated rings. The van der Waals surface area contributed by atoms with Crippen molar-refractivity contribution in [1.29, 1.82) is 0 Å². The van der Waals surface area contributed by atoms with Gasteiger partial charge in [0, 0.05) is 11.8 Å². The van der Waals surface area contributed by atoms with E-state index in [0.717, 1.165) is 16.8 Å². The lowest BCUT2D eigenvalue weighted by atomic mass is 10.0. The van der Waals surface area contributed by atoms with Crippen molar-refractivity contribution in [3.05, 3.63) is 76.3 Å². The summed E-state index contributed by atoms with van der Waals surface area (Å²) in [4.78, 5) is 29.8. The van der Waals surface area contributed by atoms with E-state index >= 15 is 0 Å². The maximum Gasteiger partial charge on any atom is 0.416 e. The van der Waals surface area contributed by atoms with Crippen LogP contribution in [-0.4, -0.2) is 37.4 Å². The Morgan fingerprint density at radius 2 is 1.81 bits per heavy atom. The van der Waals surface area contributed by atoms with Crippen LogP contribution in [0.15, 0.2) is 59.7 Å². The molecule has 32 heavy (non-hydrogen) atoms. The van der Waals surface area contributed by atoms with Gasteiger partial charge in [0.1, 0.15) is 5.56 Å². The van der Waals surface area contributed by atoms with Gasteiger partial charge in [0.2, 0.25) is 0 Å². The molecule has 2 N–H and O–H groups in total. The monoisotopic (exact) mass is 446 g/mol. The number of rotatable bonds is 5. The molecule has 3 rings (SSSR count). The highest BCUT2D eigenvalue weighted by atomic mass is 19.4. The Morgan fingerprint density at radius 3 is 2.34 bits per heavy atom. The molecular formula is C22H21F3N4O3. The van der Waals surface area contributed by atoms with Crippen LogP contribution < -0.4 is 10.9 Å². The minimum absolute atomic E-state index is 0.114. The van der Waals surface area contributed by atoms with Crippen molar-refractivity contribution in [3.8, 4) is 16.9 Å². The fraction of sp³-hybridized carbons (Fsp3) is 0.273. The minimum atomic E-state index is -4.50. The number of alkyl halides is 3. The molecule has 2 heterocycles. The fourth-order valence-corrected chi connectivity index (χ4v) is 2.73. The van der Waals surface area contributed by atoms with Crippen LogP contribution in [0.25, 0.3) is 16.9 Å². The molecule has 2 aromatic heterocycles. The molecule has 0 saturated carbocycles. The van der Waals surface area contributed by atoms with Crippen LogP contribution in [0.5, 0.6) is 0 Å². The molecule has 7 nitrogen and oxygen atoms in total. The van der Waals surface area contributed by atoms with Crippen molar-refractivity contribution < 1.29 is 23.1 Å². The fourth-order valence-electron chi connectivity index (χ4n) is 2.73. The van der Waals surface area contributed by atoms with Gasteiger partial charge in [-0.05, 0) is 51.1 Å². The second-order valence-electron chi connectivity index (χ2n) is 7.80. The van der Waals surface area contributed by atoms with Crippen molar-refractivity contribution in [2.24, 2.45) is 0 Å². The first-order valence-electron chi connectivity index (χ1n) is 9.63. The number of aliphatic hydroxyl groups is 1. The number of carbonyl (C=O) groups is 1. The van der Waals surface area contributed by atoms with Gasteiger partial charge in [0.05, 0.1) is 34.8 Å². The molecule has 0 saturated heterocycles. The third kappa shape index (κ3) is 5.02. The van der Waals surface area contributed by atoms with Crippen molar-refractivity contribution in [1.82, 2.24) is 20.1 Å². The number of amides is 1. The van der Waals surface area contributed by atoms with E-state index in [2.05, 4.69) is 15.4 Å². The van der Waals surface area contributed by atoms with Crippen molar-refractivity contribution in [3.63, 3.8) is 0 Å². The summed E-state index contributed by atoms with van der Waals surface area (Å²) >= 11 is 0. The predicted octanol–water partition coefficient (Wildman–Crippen LogP) is 3.20. The largest absolute Gasteiger partial charge is 0.416 e. The Kier molecular flexibility index (Phi) is 6.18. The van der Waals surface area contributed by atoms with Gasteiger partial charge in [0.15, 0.2) is 0 Å². The normalized spacial score (nSPS) is 13.0. The molecule has 10 heteroatoms. The first-order valence-corrected chi connectivity index (χ1v) is 9.63. The molecular weight excluding hydrogens is 425 g/mol. The van der Waals surface area contributed by atoms with Gasteiger partial charge in [-0.15, -0.1) is 0 Å². The zero-order valence-electron chi connectivity index (χ0n) is 17.5. The van der Waals surface area contributed by atoms with E-state index in [1.165, 1.54) is 44.4 Å². The average Bonchev–Trinajstić information content (AvgIpc) is 2.73. The lowest BCUT2D eigenvalue weighted by Crippen LogP contribution is -2.48. The molecule has 1 atom stereocenters. The summed E-state index contributed by atoms with van der Waals surface area (Å²) < 4.78 is 39.7. The number of halogens is 3. The number of carbonyl (C=O) groups excluding carboxylic acids is 1. The number of nitrogens with zero attached hydrogens (tertiary/aromatic N) is 3. The molecule has 3 aromatic rings. The van der Waals surface area contributed by atoms with Gasteiger partial charge in [-0.3, -0.25) is 14.6 Å². The molecule has 0 aliphatic carbocycles. The SMILES string of the molecule is C[C@@H](NC(=O)c1cc(-c2ccc(C(F)(F)F)cc2)nn(-c2cccnc2)c1=O)C(C)(C)O. The van der Waals surface area contributed by atoms with Crippen LogP contribution in [-0.2, 0) is 6.18 Å². The molecule has 168 valence electrons. The van der Waals surface area contributed by atoms with Crippen LogP contribution in [0.4, 0.5) is 13.2 Å². The number of pyridine rings is 1. The zero-order chi connectivity index (χ0) is 23.7. The van der Waals surface area contributed by atoms with Gasteiger partial charge >= 0.3 is 6.18 Å². The third-order valence-electron chi connectivity index (χ3n) is 4.96. The van der Waals surface area contributed by atoms with Gasteiger partial charge < -0.3 is 10.4 Å². The Labute approximate surface area is 181 Å². The molecule has 0 bridgehead atoms. The lowest BCUT2D eigenvalue weighted by Gasteiger charge is -2.26. The van der Waals surface area contributed by atoms with Crippen LogP contribution >= 0.6 is 0 Å². The van der Waals surface area contributed by atoms with Crippen LogP contribution in [0.3, 0.4) is 0 Å². The quantitative estimate of drug-likeness (QED) is 0.628. The van der Waals surface area contributed by atoms with E-state index in [9.17, 15) is 27.9 Å². The highest BCUT2D eigenvalue weighted by Gasteiger charge is 2.30. The maximum absolute atomic E-state index is 13.0. The first kappa shape index (κ1) is 23.1. The molecule has 0 aliphatic rings. The molecule has 0 spiro atoms. The summed E-state index contributed by atoms with van der Waals surface area (Å²) in [5.41, 5.74) is -2.44. The van der Waals surface area contributed by atoms with E-state index in [1.807, 2.05) is 0 Å². The molecule has 0 aliphatic heterocycles. The zero-order valence-corrected chi connectivity index (χ0v) is 17.5. The van der Waals surface area contributed by atoms with Crippen LogP contribution in [0, 0.1) is 0 Å². The van der Waals surface area contributed by atoms with Crippen molar-refractivity contribution in [2.75, 3.05) is 0 Å². The topological polar surface area (TPSA) is 97.1 Å². The summed E-state index contributed by atoms with van der Waals surface area (Å²) in [5.74, 6) is -0.752. The van der Waals surface area contributed by atoms with E-state index in [1.54, 1.807) is 19.1 Å². The summed E-state index contributed by atoms with van der Waals surface area (Å²) in [6.07, 6.45) is -1.64. The summed E-state index contributed by atoms with van der Waals surface area (Å²) in [7, 11) is 0. The number of hydrogen-bond acceptors (Lipinski definition) is 5. The van der Waals surface area contributed by atoms with E-state index in [0.29, 0.717) is 0 Å². The van der Waals surface area contributed by atoms with E-state index in [-0.39, 0.29) is 22.5 Å². The Morgan fingerprint density at radius 1 is 1.16 bits per heavy atom. The van der Waals surface area contributed by atoms with Crippen LogP contribution in [0.2, 0.25) is 0 Å². The molecule has 0 unspecified atom stereocenters. The van der Waals surface area contributed by atoms with Crippen molar-refractivity contribution in [2.45, 2.75) is 38.6 Å². The second kappa shape index (κ2) is 8.54. The standard InChI is InChI=1S/C22H21F3N4O3/c1-13(21(2,3)32)27-19(30)17-11-18(14-6-8-15(9-7-14)22(23,24)25)28-29(20(17)31)16-5-4-10-26-12-16/h4-13,32H,1-3H3,(H,27,30)/t13-/m1/s1. The third-order valence-corrected chi connectivity index (χ3v) is 4.96. The Hall–Kier alpha value is -3.53. The highest BCUT2D eigenvalue weighted by Crippen LogP contribution is 2.30. The van der Waals surface area contributed by atoms with Crippen LogP contribution in [0.1, 0.15) is 36.7 Å². The molecule has 1 amide bonds. The first-order chi connectivity index (χ1) is 14.9.